The smallest absolute Gasteiger partial charge is 0.251 e. The molecule has 2 fully saturated rings. The van der Waals surface area contributed by atoms with E-state index in [0.29, 0.717) is 12.2 Å². The van der Waals surface area contributed by atoms with Gasteiger partial charge in [-0.3, -0.25) is 10.0 Å². The largest absolute Gasteiger partial charge is 0.374 e. The molecule has 2 heterocycles. The van der Waals surface area contributed by atoms with E-state index in [-0.39, 0.29) is 5.91 Å². The number of carbonyl (C=O) groups is 1. The monoisotopic (exact) mass is 427 g/mol. The lowest BCUT2D eigenvalue weighted by atomic mass is 9.75. The summed E-state index contributed by atoms with van der Waals surface area (Å²) in [5.41, 5.74) is -0.476. The summed E-state index contributed by atoms with van der Waals surface area (Å²) in [5, 5.41) is 10.1. The third-order valence-corrected chi connectivity index (χ3v) is 8.14. The molecule has 29 heavy (non-hydrogen) atoms. The van der Waals surface area contributed by atoms with Crippen LogP contribution in [0.2, 0.25) is 0 Å². The lowest BCUT2D eigenvalue weighted by Gasteiger charge is -2.28. The molecular weight excluding hydrogens is 382 g/mol. The zero-order chi connectivity index (χ0) is 21.3. The van der Waals surface area contributed by atoms with Crippen molar-refractivity contribution in [2.24, 2.45) is 17.3 Å². The second kappa shape index (κ2) is 12.6. The number of rotatable bonds is 15. The van der Waals surface area contributed by atoms with Gasteiger partial charge in [-0.25, -0.2) is 5.06 Å². The Morgan fingerprint density at radius 1 is 1.00 bits per heavy atom. The van der Waals surface area contributed by atoms with E-state index in [4.69, 9.17) is 4.74 Å². The molecule has 0 aromatic heterocycles. The molecule has 2 aliphatic rings. The van der Waals surface area contributed by atoms with Crippen LogP contribution in [0.4, 0.5) is 0 Å². The molecule has 2 bridgehead atoms. The van der Waals surface area contributed by atoms with Crippen LogP contribution in [0.1, 0.15) is 97.8 Å². The van der Waals surface area contributed by atoms with Crippen LogP contribution in [0.5, 0.6) is 0 Å². The minimum Gasteiger partial charge on any atom is -0.374 e. The lowest BCUT2D eigenvalue weighted by Crippen LogP contribution is -2.36. The Kier molecular flexibility index (Phi) is 10.8. The van der Waals surface area contributed by atoms with E-state index in [0.717, 1.165) is 29.7 Å². The van der Waals surface area contributed by atoms with Crippen molar-refractivity contribution in [3.63, 3.8) is 0 Å². The second-order valence-corrected chi connectivity index (χ2v) is 11.1. The summed E-state index contributed by atoms with van der Waals surface area (Å²) in [7, 11) is 1.42. The van der Waals surface area contributed by atoms with Gasteiger partial charge in [0.2, 0.25) is 0 Å². The molecule has 0 unspecified atom stereocenters. The maximum atomic E-state index is 12.0. The number of carbonyl (C=O) groups excluding carboxylic acids is 1. The maximum absolute atomic E-state index is 12.0. The zero-order valence-corrected chi connectivity index (χ0v) is 20.1. The summed E-state index contributed by atoms with van der Waals surface area (Å²) in [4.78, 5) is 12.0. The Morgan fingerprint density at radius 2 is 1.66 bits per heavy atom. The summed E-state index contributed by atoms with van der Waals surface area (Å²) >= 11 is 2.15. The number of amides is 1. The number of hydroxylamine groups is 2. The van der Waals surface area contributed by atoms with E-state index in [9.17, 15) is 10.0 Å². The van der Waals surface area contributed by atoms with Gasteiger partial charge in [-0.1, -0.05) is 59.3 Å². The van der Waals surface area contributed by atoms with Crippen LogP contribution in [0, 0.1) is 17.3 Å². The van der Waals surface area contributed by atoms with Gasteiger partial charge in [-0.2, -0.15) is 11.8 Å². The molecule has 2 saturated heterocycles. The molecular formula is C24H45NO3S. The average molecular weight is 428 g/mol. The third kappa shape index (κ3) is 7.74. The molecule has 0 radical (unpaired) electrons. The topological polar surface area (TPSA) is 49.8 Å². The molecule has 0 aromatic carbocycles. The molecule has 1 amide bonds. The summed E-state index contributed by atoms with van der Waals surface area (Å²) < 4.78 is 6.29. The fourth-order valence-electron chi connectivity index (χ4n) is 5.29. The van der Waals surface area contributed by atoms with E-state index >= 15 is 0 Å². The SMILES string of the molecule is CCCCCCSCC[C@H]1[C@@H](CCCCCC(C)(C)C(=O)N(C)O)[C@H]2CC[C@@H]1O2. The van der Waals surface area contributed by atoms with Crippen LogP contribution in [0.25, 0.3) is 0 Å². The molecule has 5 heteroatoms. The van der Waals surface area contributed by atoms with Crippen molar-refractivity contribution in [1.82, 2.24) is 5.06 Å². The normalized spacial score (nSPS) is 26.2. The van der Waals surface area contributed by atoms with Gasteiger partial charge in [0, 0.05) is 12.5 Å². The first-order chi connectivity index (χ1) is 13.9. The molecule has 1 N–H and O–H groups in total. The van der Waals surface area contributed by atoms with Crippen molar-refractivity contribution < 1.29 is 14.7 Å². The summed E-state index contributed by atoms with van der Waals surface area (Å²) in [6, 6.07) is 0. The van der Waals surface area contributed by atoms with Crippen LogP contribution in [0.15, 0.2) is 0 Å². The summed E-state index contributed by atoms with van der Waals surface area (Å²) in [6.45, 7) is 6.14. The third-order valence-electron chi connectivity index (χ3n) is 7.04. The average Bonchev–Trinajstić information content (AvgIpc) is 3.28. The molecule has 2 aliphatic heterocycles. The fraction of sp³-hybridized carbons (Fsp3) is 0.958. The molecule has 4 nitrogen and oxygen atoms in total. The van der Waals surface area contributed by atoms with E-state index in [1.807, 2.05) is 13.8 Å². The number of thioether (sulfide) groups is 1. The predicted octanol–water partition coefficient (Wildman–Crippen LogP) is 6.31. The van der Waals surface area contributed by atoms with E-state index in [1.54, 1.807) is 0 Å². The van der Waals surface area contributed by atoms with Gasteiger partial charge < -0.3 is 4.74 Å². The van der Waals surface area contributed by atoms with E-state index < -0.39 is 5.41 Å². The minimum absolute atomic E-state index is 0.189. The van der Waals surface area contributed by atoms with Crippen LogP contribution in [-0.2, 0) is 9.53 Å². The van der Waals surface area contributed by atoms with Gasteiger partial charge in [0.1, 0.15) is 0 Å². The summed E-state index contributed by atoms with van der Waals surface area (Å²) in [5.74, 6) is 3.96. The van der Waals surface area contributed by atoms with E-state index in [2.05, 4.69) is 18.7 Å². The Bertz CT molecular complexity index is 483. The Labute approximate surface area is 183 Å². The number of fused-ring (bicyclic) bond motifs is 2. The van der Waals surface area contributed by atoms with Crippen LogP contribution >= 0.6 is 11.8 Å². The van der Waals surface area contributed by atoms with Crippen molar-refractivity contribution in [1.29, 1.82) is 0 Å². The van der Waals surface area contributed by atoms with E-state index in [1.165, 1.54) is 82.8 Å². The standard InChI is InChI=1S/C24H45NO3S/c1-5-6-7-11-17-29-18-15-20-19(21-13-14-22(20)28-21)12-9-8-10-16-24(2,3)23(26)25(4)27/h19-22,27H,5-18H2,1-4H3/t19-,20+,21-,22+/m1/s1. The predicted molar refractivity (Wildman–Crippen MR) is 122 cm³/mol. The van der Waals surface area contributed by atoms with Crippen LogP contribution in [0.3, 0.4) is 0 Å². The van der Waals surface area contributed by atoms with Crippen molar-refractivity contribution >= 4 is 17.7 Å². The molecule has 2 rings (SSSR count). The van der Waals surface area contributed by atoms with Crippen LogP contribution < -0.4 is 0 Å². The van der Waals surface area contributed by atoms with Gasteiger partial charge >= 0.3 is 0 Å². The highest BCUT2D eigenvalue weighted by Crippen LogP contribution is 2.47. The van der Waals surface area contributed by atoms with Crippen molar-refractivity contribution in [3.8, 4) is 0 Å². The van der Waals surface area contributed by atoms with Crippen molar-refractivity contribution in [2.75, 3.05) is 18.6 Å². The van der Waals surface area contributed by atoms with Gasteiger partial charge in [-0.05, 0) is 61.9 Å². The number of nitrogens with zero attached hydrogens (tertiary/aromatic N) is 1. The highest BCUT2D eigenvalue weighted by atomic mass is 32.2. The number of unbranched alkanes of at least 4 members (excludes halogenated alkanes) is 5. The van der Waals surface area contributed by atoms with Gasteiger partial charge in [-0.15, -0.1) is 0 Å². The Balaban J connectivity index is 1.63. The molecule has 0 saturated carbocycles. The van der Waals surface area contributed by atoms with Gasteiger partial charge in [0.05, 0.1) is 12.2 Å². The van der Waals surface area contributed by atoms with Crippen molar-refractivity contribution in [2.45, 2.75) is 110 Å². The highest BCUT2D eigenvalue weighted by molar-refractivity contribution is 7.99. The first kappa shape index (κ1) is 25.0. The minimum atomic E-state index is -0.476. The lowest BCUT2D eigenvalue weighted by molar-refractivity contribution is -0.169. The number of hydrogen-bond acceptors (Lipinski definition) is 4. The Hall–Kier alpha value is -0.260. The van der Waals surface area contributed by atoms with Gasteiger partial charge in [0.25, 0.3) is 5.91 Å². The quantitative estimate of drug-likeness (QED) is 0.189. The zero-order valence-electron chi connectivity index (χ0n) is 19.3. The number of ether oxygens (including phenoxy) is 1. The molecule has 170 valence electrons. The second-order valence-electron chi connectivity index (χ2n) is 9.89. The highest BCUT2D eigenvalue weighted by Gasteiger charge is 2.47. The van der Waals surface area contributed by atoms with Crippen molar-refractivity contribution in [3.05, 3.63) is 0 Å². The molecule has 4 atom stereocenters. The first-order valence-electron chi connectivity index (χ1n) is 12.1. The first-order valence-corrected chi connectivity index (χ1v) is 13.2. The number of hydrogen-bond donors (Lipinski definition) is 1. The Morgan fingerprint density at radius 3 is 2.31 bits per heavy atom. The molecule has 0 aliphatic carbocycles. The van der Waals surface area contributed by atoms with Gasteiger partial charge in [0.15, 0.2) is 0 Å². The molecule has 0 aromatic rings. The maximum Gasteiger partial charge on any atom is 0.251 e. The summed E-state index contributed by atoms with van der Waals surface area (Å²) in [6.07, 6.45) is 15.9. The molecule has 0 spiro atoms. The fourth-order valence-corrected chi connectivity index (χ4v) is 6.34. The van der Waals surface area contributed by atoms with Crippen LogP contribution in [-0.4, -0.2) is 46.9 Å².